The first kappa shape index (κ1) is 77.6. The molecule has 0 aliphatic carbocycles. The largest absolute Gasteiger partial charge is 0.394 e. The molecule has 0 radical (unpaired) electrons. The van der Waals surface area contributed by atoms with E-state index < -0.39 is 86.8 Å². The Morgan fingerprint density at radius 3 is 1.18 bits per heavy atom. The third kappa shape index (κ3) is 39.2. The molecule has 2 saturated heterocycles. The van der Waals surface area contributed by atoms with E-state index in [0.717, 1.165) is 32.1 Å². The average Bonchev–Trinajstić information content (AvgIpc) is 3.51. The first-order chi connectivity index (χ1) is 40.6. The van der Waals surface area contributed by atoms with Gasteiger partial charge in [-0.05, 0) is 32.1 Å². The van der Waals surface area contributed by atoms with Gasteiger partial charge >= 0.3 is 0 Å². The van der Waals surface area contributed by atoms with Crippen molar-refractivity contribution in [2.45, 2.75) is 389 Å². The highest BCUT2D eigenvalue weighted by Crippen LogP contribution is 2.30. The molecule has 12 unspecified atom stereocenters. The molecule has 490 valence electrons. The van der Waals surface area contributed by atoms with Gasteiger partial charge in [0.2, 0.25) is 5.91 Å². The molecule has 14 heteroatoms. The third-order valence-corrected chi connectivity index (χ3v) is 17.4. The summed E-state index contributed by atoms with van der Waals surface area (Å²) >= 11 is 0. The molecule has 12 atom stereocenters. The van der Waals surface area contributed by atoms with Gasteiger partial charge in [-0.3, -0.25) is 4.79 Å². The normalized spacial score (nSPS) is 23.9. The van der Waals surface area contributed by atoms with Gasteiger partial charge in [0.1, 0.15) is 48.8 Å². The lowest BCUT2D eigenvalue weighted by atomic mass is 9.97. The van der Waals surface area contributed by atoms with Gasteiger partial charge in [-0.2, -0.15) is 0 Å². The van der Waals surface area contributed by atoms with E-state index in [1.807, 2.05) is 6.08 Å². The fourth-order valence-electron chi connectivity index (χ4n) is 11.8. The van der Waals surface area contributed by atoms with E-state index in [2.05, 4.69) is 31.3 Å². The van der Waals surface area contributed by atoms with Crippen LogP contribution in [0.4, 0.5) is 0 Å². The second-order valence-electron chi connectivity index (χ2n) is 25.0. The number of amides is 1. The fraction of sp³-hybridized carbons (Fsp3) is 0.928. The monoisotopic (exact) mass is 1180 g/mol. The lowest BCUT2D eigenvalue weighted by Gasteiger charge is -2.46. The van der Waals surface area contributed by atoms with Crippen molar-refractivity contribution >= 4 is 5.91 Å². The van der Waals surface area contributed by atoms with Crippen LogP contribution in [0.25, 0.3) is 0 Å². The lowest BCUT2D eigenvalue weighted by Crippen LogP contribution is -2.65. The number of carbonyl (C=O) groups excluding carboxylic acids is 1. The lowest BCUT2D eigenvalue weighted by molar-refractivity contribution is -0.359. The third-order valence-electron chi connectivity index (χ3n) is 17.4. The number of aliphatic hydroxyl groups excluding tert-OH is 8. The molecule has 0 aromatic carbocycles. The first-order valence-corrected chi connectivity index (χ1v) is 35.1. The Kier molecular flexibility index (Phi) is 51.0. The van der Waals surface area contributed by atoms with Crippen molar-refractivity contribution in [2.75, 3.05) is 19.8 Å². The van der Waals surface area contributed by atoms with Gasteiger partial charge in [-0.1, -0.05) is 301 Å². The summed E-state index contributed by atoms with van der Waals surface area (Å²) in [5.41, 5.74) is 0. The smallest absolute Gasteiger partial charge is 0.220 e. The molecule has 2 rings (SSSR count). The van der Waals surface area contributed by atoms with Crippen molar-refractivity contribution < 1.29 is 64.6 Å². The number of carbonyl (C=O) groups is 1. The maximum atomic E-state index is 13.2. The van der Waals surface area contributed by atoms with Crippen molar-refractivity contribution in [2.24, 2.45) is 0 Å². The zero-order chi connectivity index (χ0) is 60.2. The van der Waals surface area contributed by atoms with Crippen molar-refractivity contribution in [1.82, 2.24) is 5.32 Å². The first-order valence-electron chi connectivity index (χ1n) is 35.1. The maximum Gasteiger partial charge on any atom is 0.220 e. The Morgan fingerprint density at radius 1 is 0.422 bits per heavy atom. The van der Waals surface area contributed by atoms with Crippen LogP contribution in [0.15, 0.2) is 24.3 Å². The topological polar surface area (TPSA) is 228 Å². The van der Waals surface area contributed by atoms with Crippen LogP contribution in [0.5, 0.6) is 0 Å². The predicted molar refractivity (Wildman–Crippen MR) is 337 cm³/mol. The van der Waals surface area contributed by atoms with E-state index in [1.54, 1.807) is 6.08 Å². The molecule has 14 nitrogen and oxygen atoms in total. The van der Waals surface area contributed by atoms with E-state index in [-0.39, 0.29) is 18.9 Å². The molecule has 0 bridgehead atoms. The molecule has 0 saturated carbocycles. The van der Waals surface area contributed by atoms with Gasteiger partial charge in [-0.15, -0.1) is 0 Å². The maximum absolute atomic E-state index is 13.2. The second-order valence-corrected chi connectivity index (χ2v) is 25.0. The summed E-state index contributed by atoms with van der Waals surface area (Å²) in [7, 11) is 0. The van der Waals surface area contributed by atoms with Crippen LogP contribution in [0.3, 0.4) is 0 Å². The molecule has 2 fully saturated rings. The number of allylic oxidation sites excluding steroid dienone is 3. The van der Waals surface area contributed by atoms with Crippen molar-refractivity contribution in [1.29, 1.82) is 0 Å². The Balaban J connectivity index is 1.51. The van der Waals surface area contributed by atoms with Gasteiger partial charge in [0.15, 0.2) is 12.6 Å². The number of ether oxygens (including phenoxy) is 4. The molecule has 0 aromatic heterocycles. The minimum Gasteiger partial charge on any atom is -0.394 e. The van der Waals surface area contributed by atoms with E-state index >= 15 is 0 Å². The van der Waals surface area contributed by atoms with Crippen molar-refractivity contribution in [3.63, 3.8) is 0 Å². The van der Waals surface area contributed by atoms with Gasteiger partial charge in [-0.25, -0.2) is 0 Å². The summed E-state index contributed by atoms with van der Waals surface area (Å²) < 4.78 is 22.7. The number of rotatable bonds is 58. The van der Waals surface area contributed by atoms with E-state index in [0.29, 0.717) is 12.8 Å². The second kappa shape index (κ2) is 54.6. The van der Waals surface area contributed by atoms with Gasteiger partial charge in [0.25, 0.3) is 0 Å². The van der Waals surface area contributed by atoms with Crippen LogP contribution in [-0.4, -0.2) is 140 Å². The molecular weight excluding hydrogens is 1050 g/mol. The zero-order valence-corrected chi connectivity index (χ0v) is 53.2. The van der Waals surface area contributed by atoms with E-state index in [1.165, 1.54) is 250 Å². The van der Waals surface area contributed by atoms with E-state index in [9.17, 15) is 45.6 Å². The highest BCUT2D eigenvalue weighted by Gasteiger charge is 2.51. The summed E-state index contributed by atoms with van der Waals surface area (Å²) in [6.07, 6.45) is 51.6. The summed E-state index contributed by atoms with van der Waals surface area (Å²) in [5, 5.41) is 86.9. The molecule has 83 heavy (non-hydrogen) atoms. The van der Waals surface area contributed by atoms with Crippen LogP contribution in [0.1, 0.15) is 316 Å². The number of nitrogens with one attached hydrogen (secondary N) is 1. The van der Waals surface area contributed by atoms with E-state index in [4.69, 9.17) is 18.9 Å². The molecule has 2 aliphatic heterocycles. The van der Waals surface area contributed by atoms with Crippen molar-refractivity contribution in [3.8, 4) is 0 Å². The Hall–Kier alpha value is -1.53. The molecule has 0 aromatic rings. The van der Waals surface area contributed by atoms with Gasteiger partial charge in [0, 0.05) is 6.42 Å². The summed E-state index contributed by atoms with van der Waals surface area (Å²) in [5.74, 6) is -0.245. The number of unbranched alkanes of at least 4 members (excludes halogenated alkanes) is 43. The van der Waals surface area contributed by atoms with Crippen LogP contribution >= 0.6 is 0 Å². The Bertz CT molecular complexity index is 1490. The number of aliphatic hydroxyl groups is 8. The molecule has 1 amide bonds. The van der Waals surface area contributed by atoms with Crippen LogP contribution < -0.4 is 5.32 Å². The van der Waals surface area contributed by atoms with Crippen LogP contribution in [0, 0.1) is 0 Å². The fourth-order valence-corrected chi connectivity index (χ4v) is 11.8. The SMILES string of the molecule is CCCCCC/C=C/CC/C=C/C(O)C(COC1OC(CO)C(OC2OC(CO)C(O)C(O)C2O)C(O)C1O)NC(=O)CCCCCCCCCCCCCCCCCCCCCCCCCCCCCCCCCCCCCCCCC. The van der Waals surface area contributed by atoms with Crippen LogP contribution in [0.2, 0.25) is 0 Å². The van der Waals surface area contributed by atoms with Crippen LogP contribution in [-0.2, 0) is 23.7 Å². The minimum atomic E-state index is -1.79. The molecule has 0 spiro atoms. The molecular formula is C69H131NO13. The molecule has 9 N–H and O–H groups in total. The Labute approximate surface area is 507 Å². The summed E-state index contributed by atoms with van der Waals surface area (Å²) in [6.45, 7) is 2.77. The zero-order valence-electron chi connectivity index (χ0n) is 53.2. The van der Waals surface area contributed by atoms with Gasteiger partial charge < -0.3 is 65.1 Å². The summed E-state index contributed by atoms with van der Waals surface area (Å²) in [4.78, 5) is 13.2. The Morgan fingerprint density at radius 2 is 0.771 bits per heavy atom. The standard InChI is InChI=1S/C69H131NO13/c1-3-5-7-9-11-13-15-16-17-18-19-20-21-22-23-24-25-26-27-28-29-30-31-32-33-34-35-36-37-38-39-40-41-42-43-45-47-49-51-53-61(74)70-57(58(73)52-50-48-46-44-14-12-10-8-6-4-2)56-80-68-66(79)64(77)67(60(55-72)82-68)83-69-65(78)63(76)62(75)59(54-71)81-69/h14,44,50,52,57-60,62-69,71-73,75-79H,3-13,15-43,45-49,51,53-56H2,1-2H3,(H,70,74)/b44-14+,52-50+. The highest BCUT2D eigenvalue weighted by atomic mass is 16.7. The quantitative estimate of drug-likeness (QED) is 0.0204. The average molecular weight is 1180 g/mol. The van der Waals surface area contributed by atoms with Crippen molar-refractivity contribution in [3.05, 3.63) is 24.3 Å². The highest BCUT2D eigenvalue weighted by molar-refractivity contribution is 5.76. The number of hydrogen-bond acceptors (Lipinski definition) is 13. The molecule has 2 aliphatic rings. The minimum absolute atomic E-state index is 0.245. The molecule has 2 heterocycles. The number of hydrogen-bond donors (Lipinski definition) is 9. The predicted octanol–water partition coefficient (Wildman–Crippen LogP) is 14.0. The summed E-state index contributed by atoms with van der Waals surface area (Å²) in [6, 6.07) is -0.927. The van der Waals surface area contributed by atoms with Gasteiger partial charge in [0.05, 0.1) is 32.0 Å².